The molecule has 0 saturated carbocycles. The molecule has 1 saturated heterocycles. The second-order valence-corrected chi connectivity index (χ2v) is 4.51. The summed E-state index contributed by atoms with van der Waals surface area (Å²) in [5.41, 5.74) is 5.58. The van der Waals surface area contributed by atoms with Gasteiger partial charge in [-0.05, 0) is 51.9 Å². The number of piperidine rings is 1. The molecule has 0 bridgehead atoms. The van der Waals surface area contributed by atoms with Crippen LogP contribution in [-0.2, 0) is 0 Å². The van der Waals surface area contributed by atoms with Gasteiger partial charge in [0.1, 0.15) is 0 Å². The van der Waals surface area contributed by atoms with Gasteiger partial charge in [0.25, 0.3) is 0 Å². The molecule has 14 heavy (non-hydrogen) atoms. The van der Waals surface area contributed by atoms with Gasteiger partial charge in [-0.3, -0.25) is 4.90 Å². The van der Waals surface area contributed by atoms with E-state index in [9.17, 15) is 0 Å². The number of rotatable bonds is 5. The van der Waals surface area contributed by atoms with Crippen molar-refractivity contribution >= 4 is 0 Å². The zero-order chi connectivity index (χ0) is 10.4. The first kappa shape index (κ1) is 12.0. The number of hydrogen-bond donors (Lipinski definition) is 1. The third kappa shape index (κ3) is 3.95. The van der Waals surface area contributed by atoms with Crippen molar-refractivity contribution in [2.75, 3.05) is 39.9 Å². The molecule has 3 heteroatoms. The second-order valence-electron chi connectivity index (χ2n) is 4.51. The molecule has 0 aromatic carbocycles. The third-order valence-corrected chi connectivity index (χ3v) is 3.13. The van der Waals surface area contributed by atoms with Crippen molar-refractivity contribution in [2.24, 2.45) is 11.7 Å². The van der Waals surface area contributed by atoms with E-state index in [0.717, 1.165) is 5.92 Å². The molecule has 1 aliphatic rings. The SMILES string of the molecule is CCCN1CCC(CN(C)CN)CC1. The van der Waals surface area contributed by atoms with Crippen LogP contribution < -0.4 is 5.73 Å². The molecule has 0 atom stereocenters. The quantitative estimate of drug-likeness (QED) is 0.669. The molecule has 1 heterocycles. The monoisotopic (exact) mass is 199 g/mol. The molecular formula is C11H25N3. The summed E-state index contributed by atoms with van der Waals surface area (Å²) in [7, 11) is 2.11. The van der Waals surface area contributed by atoms with Gasteiger partial charge in [-0.15, -0.1) is 0 Å². The summed E-state index contributed by atoms with van der Waals surface area (Å²) < 4.78 is 0. The number of nitrogens with zero attached hydrogens (tertiary/aromatic N) is 2. The summed E-state index contributed by atoms with van der Waals surface area (Å²) >= 11 is 0. The average molecular weight is 199 g/mol. The molecule has 0 amide bonds. The van der Waals surface area contributed by atoms with E-state index in [2.05, 4.69) is 23.8 Å². The Bertz CT molecular complexity index is 141. The minimum Gasteiger partial charge on any atom is -0.318 e. The van der Waals surface area contributed by atoms with Crippen molar-refractivity contribution in [3.8, 4) is 0 Å². The molecule has 3 nitrogen and oxygen atoms in total. The predicted octanol–water partition coefficient (Wildman–Crippen LogP) is 0.956. The lowest BCUT2D eigenvalue weighted by Crippen LogP contribution is -2.39. The minimum atomic E-state index is 0.690. The van der Waals surface area contributed by atoms with E-state index in [1.54, 1.807) is 0 Å². The summed E-state index contributed by atoms with van der Waals surface area (Å²) in [6.45, 7) is 7.98. The average Bonchev–Trinajstić information content (AvgIpc) is 2.21. The van der Waals surface area contributed by atoms with Crippen LogP contribution in [0.5, 0.6) is 0 Å². The molecule has 0 aromatic heterocycles. The fourth-order valence-electron chi connectivity index (χ4n) is 2.22. The Morgan fingerprint density at radius 3 is 2.50 bits per heavy atom. The Kier molecular flexibility index (Phi) is 5.45. The van der Waals surface area contributed by atoms with Gasteiger partial charge in [0, 0.05) is 13.2 Å². The van der Waals surface area contributed by atoms with Gasteiger partial charge in [0.2, 0.25) is 0 Å². The highest BCUT2D eigenvalue weighted by Gasteiger charge is 2.19. The Balaban J connectivity index is 2.15. The van der Waals surface area contributed by atoms with Gasteiger partial charge in [0.15, 0.2) is 0 Å². The minimum absolute atomic E-state index is 0.690. The number of nitrogens with two attached hydrogens (primary N) is 1. The molecule has 2 N–H and O–H groups in total. The largest absolute Gasteiger partial charge is 0.318 e. The third-order valence-electron chi connectivity index (χ3n) is 3.13. The standard InChI is InChI=1S/C11H25N3/c1-3-6-14-7-4-11(5-8-14)9-13(2)10-12/h11H,3-10,12H2,1-2H3. The van der Waals surface area contributed by atoms with Crippen LogP contribution in [0.4, 0.5) is 0 Å². The van der Waals surface area contributed by atoms with Crippen molar-refractivity contribution in [1.82, 2.24) is 9.80 Å². The summed E-state index contributed by atoms with van der Waals surface area (Å²) in [6.07, 6.45) is 3.99. The Morgan fingerprint density at radius 2 is 2.00 bits per heavy atom. The van der Waals surface area contributed by atoms with Crippen LogP contribution in [0, 0.1) is 5.92 Å². The molecular weight excluding hydrogens is 174 g/mol. The highest BCUT2D eigenvalue weighted by Crippen LogP contribution is 2.17. The molecule has 0 radical (unpaired) electrons. The van der Waals surface area contributed by atoms with Crippen molar-refractivity contribution in [3.05, 3.63) is 0 Å². The van der Waals surface area contributed by atoms with Gasteiger partial charge in [-0.25, -0.2) is 0 Å². The summed E-state index contributed by atoms with van der Waals surface area (Å²) in [6, 6.07) is 0. The van der Waals surface area contributed by atoms with Crippen molar-refractivity contribution in [2.45, 2.75) is 26.2 Å². The zero-order valence-electron chi connectivity index (χ0n) is 9.71. The second kappa shape index (κ2) is 6.38. The molecule has 0 aliphatic carbocycles. The lowest BCUT2D eigenvalue weighted by molar-refractivity contribution is 0.155. The summed E-state index contributed by atoms with van der Waals surface area (Å²) in [5.74, 6) is 0.872. The van der Waals surface area contributed by atoms with Gasteiger partial charge < -0.3 is 10.6 Å². The number of likely N-dealkylation sites (tertiary alicyclic amines) is 1. The van der Waals surface area contributed by atoms with E-state index in [1.165, 1.54) is 45.4 Å². The van der Waals surface area contributed by atoms with Crippen LogP contribution in [-0.4, -0.2) is 49.7 Å². The maximum atomic E-state index is 5.58. The fourth-order valence-corrected chi connectivity index (χ4v) is 2.22. The lowest BCUT2D eigenvalue weighted by atomic mass is 9.96. The van der Waals surface area contributed by atoms with E-state index >= 15 is 0 Å². The first-order chi connectivity index (χ1) is 6.76. The molecule has 1 rings (SSSR count). The van der Waals surface area contributed by atoms with Gasteiger partial charge in [-0.1, -0.05) is 6.92 Å². The lowest BCUT2D eigenvalue weighted by Gasteiger charge is -2.33. The van der Waals surface area contributed by atoms with Gasteiger partial charge in [-0.2, -0.15) is 0 Å². The van der Waals surface area contributed by atoms with E-state index in [4.69, 9.17) is 5.73 Å². The maximum Gasteiger partial charge on any atom is 0.0452 e. The van der Waals surface area contributed by atoms with E-state index in [1.807, 2.05) is 0 Å². The molecule has 1 fully saturated rings. The van der Waals surface area contributed by atoms with E-state index in [0.29, 0.717) is 6.67 Å². The van der Waals surface area contributed by atoms with Crippen LogP contribution >= 0.6 is 0 Å². The van der Waals surface area contributed by atoms with Crippen molar-refractivity contribution in [3.63, 3.8) is 0 Å². The summed E-state index contributed by atoms with van der Waals surface area (Å²) in [4.78, 5) is 4.80. The molecule has 0 aromatic rings. The fraction of sp³-hybridized carbons (Fsp3) is 1.00. The van der Waals surface area contributed by atoms with Crippen LogP contribution in [0.3, 0.4) is 0 Å². The topological polar surface area (TPSA) is 32.5 Å². The highest BCUT2D eigenvalue weighted by molar-refractivity contribution is 4.73. The van der Waals surface area contributed by atoms with Crippen LogP contribution in [0.1, 0.15) is 26.2 Å². The smallest absolute Gasteiger partial charge is 0.0452 e. The van der Waals surface area contributed by atoms with Gasteiger partial charge >= 0.3 is 0 Å². The Hall–Kier alpha value is -0.120. The van der Waals surface area contributed by atoms with Gasteiger partial charge in [0.05, 0.1) is 0 Å². The Morgan fingerprint density at radius 1 is 1.36 bits per heavy atom. The molecule has 1 aliphatic heterocycles. The van der Waals surface area contributed by atoms with Crippen LogP contribution in [0.25, 0.3) is 0 Å². The Labute approximate surface area is 88.2 Å². The number of hydrogen-bond acceptors (Lipinski definition) is 3. The zero-order valence-corrected chi connectivity index (χ0v) is 9.71. The molecule has 0 spiro atoms. The van der Waals surface area contributed by atoms with Crippen LogP contribution in [0.2, 0.25) is 0 Å². The first-order valence-electron chi connectivity index (χ1n) is 5.87. The molecule has 84 valence electrons. The normalized spacial score (nSPS) is 20.6. The van der Waals surface area contributed by atoms with Crippen molar-refractivity contribution < 1.29 is 0 Å². The maximum absolute atomic E-state index is 5.58. The first-order valence-corrected chi connectivity index (χ1v) is 5.87. The van der Waals surface area contributed by atoms with E-state index < -0.39 is 0 Å². The van der Waals surface area contributed by atoms with Crippen molar-refractivity contribution in [1.29, 1.82) is 0 Å². The predicted molar refractivity (Wildman–Crippen MR) is 61.1 cm³/mol. The van der Waals surface area contributed by atoms with E-state index in [-0.39, 0.29) is 0 Å². The molecule has 0 unspecified atom stereocenters. The van der Waals surface area contributed by atoms with Crippen LogP contribution in [0.15, 0.2) is 0 Å². The summed E-state index contributed by atoms with van der Waals surface area (Å²) in [5, 5.41) is 0. The highest BCUT2D eigenvalue weighted by atomic mass is 15.2.